The second-order valence-electron chi connectivity index (χ2n) is 0.673. The predicted molar refractivity (Wildman–Crippen MR) is 28.8 cm³/mol. The molecule has 7 heavy (non-hydrogen) atoms. The summed E-state index contributed by atoms with van der Waals surface area (Å²) in [6.07, 6.45) is 0. The fraction of sp³-hybridized carbons (Fsp3) is 0. The summed E-state index contributed by atoms with van der Waals surface area (Å²) in [7, 11) is -3.20. The van der Waals surface area contributed by atoms with Crippen LogP contribution in [0.25, 0.3) is 0 Å². The molecule has 0 aromatic rings. The second-order valence-corrected chi connectivity index (χ2v) is 2.02. The van der Waals surface area contributed by atoms with Crippen molar-refractivity contribution in [2.75, 3.05) is 0 Å². The van der Waals surface area contributed by atoms with E-state index in [1.54, 1.807) is 0 Å². The summed E-state index contributed by atoms with van der Waals surface area (Å²) in [5.41, 5.74) is 0. The van der Waals surface area contributed by atoms with Crippen molar-refractivity contribution < 1.29 is 18.8 Å². The first kappa shape index (κ1) is 11.7. The number of phosphoric acid groups is 1. The van der Waals surface area contributed by atoms with Crippen molar-refractivity contribution in [1.82, 2.24) is 0 Å². The average molecular weight is 196 g/mol. The van der Waals surface area contributed by atoms with E-state index in [0.29, 0.717) is 0 Å². The monoisotopic (exact) mass is 196 g/mol. The van der Waals surface area contributed by atoms with Crippen LogP contribution in [0.3, 0.4) is 0 Å². The molecule has 0 heterocycles. The van der Waals surface area contributed by atoms with Crippen LogP contribution in [0.2, 0.25) is 0 Å². The molecule has 0 aliphatic rings. The number of hydrogen-bond donors (Lipinski definition) is 2. The molecule has 0 radical (unpaired) electrons. The van der Waals surface area contributed by atoms with E-state index in [2.05, 4.69) is 4.44 Å². The van der Waals surface area contributed by atoms with Crippen molar-refractivity contribution in [2.45, 2.75) is 0 Å². The SMILES string of the molecule is BOP(=O)(O)O.[RbH]. The molecule has 2 N–H and O–H groups in total. The Morgan fingerprint density at radius 3 is 1.71 bits per heavy atom. The molecule has 38 valence electrons. The van der Waals surface area contributed by atoms with Crippen molar-refractivity contribution in [1.29, 1.82) is 0 Å². The Morgan fingerprint density at radius 2 is 1.71 bits per heavy atom. The molecular weight excluding hydrogens is 191 g/mol. The Balaban J connectivity index is 0. The molecule has 0 atom stereocenters. The van der Waals surface area contributed by atoms with Crippen LogP contribution in [0.4, 0.5) is 0 Å². The molecule has 0 spiro atoms. The van der Waals surface area contributed by atoms with Gasteiger partial charge in [0.1, 0.15) is 0 Å². The van der Waals surface area contributed by atoms with E-state index in [-0.39, 0.29) is 58.2 Å². The molecule has 0 saturated heterocycles. The molecule has 0 aromatic heterocycles. The molecule has 0 bridgehead atoms. The molecule has 0 aliphatic carbocycles. The molecule has 4 nitrogen and oxygen atoms in total. The Kier molecular flexibility index (Phi) is 8.08. The van der Waals surface area contributed by atoms with Crippen LogP contribution in [0.1, 0.15) is 0 Å². The fourth-order valence-corrected chi connectivity index (χ4v) is 0. The van der Waals surface area contributed by atoms with Crippen LogP contribution in [0.15, 0.2) is 0 Å². The minimum atomic E-state index is -4.15. The van der Waals surface area contributed by atoms with Crippen LogP contribution in [-0.4, -0.2) is 76.0 Å². The van der Waals surface area contributed by atoms with Gasteiger partial charge in [0.15, 0.2) is 0 Å². The molecule has 0 aromatic carbocycles. The summed E-state index contributed by atoms with van der Waals surface area (Å²) in [6.45, 7) is 0. The predicted octanol–water partition coefficient (Wildman–Crippen LogP) is -2.00. The Labute approximate surface area is 91.1 Å². The third-order valence-electron chi connectivity index (χ3n) is 0.238. The first-order chi connectivity index (χ1) is 2.56. The molecular formula is H5BO4PRb. The Morgan fingerprint density at radius 1 is 1.57 bits per heavy atom. The maximum atomic E-state index is 9.47. The molecule has 0 unspecified atom stereocenters. The van der Waals surface area contributed by atoms with Crippen molar-refractivity contribution in [3.63, 3.8) is 0 Å². The summed E-state index contributed by atoms with van der Waals surface area (Å²) in [6, 6.07) is 0. The minimum absolute atomic E-state index is 0. The Bertz CT molecular complexity index is 75.8. The van der Waals surface area contributed by atoms with E-state index < -0.39 is 7.82 Å². The van der Waals surface area contributed by atoms with Gasteiger partial charge in [0, 0.05) is 0 Å². The zero-order valence-electron chi connectivity index (χ0n) is 3.16. The zero-order valence-corrected chi connectivity index (χ0v) is 4.05. The van der Waals surface area contributed by atoms with E-state index in [1.807, 2.05) is 0 Å². The summed E-state index contributed by atoms with van der Waals surface area (Å²) in [5, 5.41) is 0. The van der Waals surface area contributed by atoms with Crippen LogP contribution in [0.5, 0.6) is 0 Å². The molecule has 0 aliphatic heterocycles. The van der Waals surface area contributed by atoms with Gasteiger partial charge >= 0.3 is 66.0 Å². The van der Waals surface area contributed by atoms with E-state index in [4.69, 9.17) is 9.79 Å². The van der Waals surface area contributed by atoms with Gasteiger partial charge < -0.3 is 14.2 Å². The quantitative estimate of drug-likeness (QED) is 0.376. The van der Waals surface area contributed by atoms with Gasteiger partial charge in [-0.25, -0.2) is 4.57 Å². The first-order valence-corrected chi connectivity index (χ1v) is 2.70. The van der Waals surface area contributed by atoms with Gasteiger partial charge in [0.25, 0.3) is 8.05 Å². The normalized spacial score (nSPS) is 10.0. The van der Waals surface area contributed by atoms with Gasteiger partial charge in [-0.3, -0.25) is 0 Å². The topological polar surface area (TPSA) is 66.8 Å². The van der Waals surface area contributed by atoms with Crippen molar-refractivity contribution >= 4 is 74.1 Å². The summed E-state index contributed by atoms with van der Waals surface area (Å²) in [4.78, 5) is 15.4. The van der Waals surface area contributed by atoms with Gasteiger partial charge in [-0.2, -0.15) is 0 Å². The van der Waals surface area contributed by atoms with Gasteiger partial charge in [-0.1, -0.05) is 0 Å². The second kappa shape index (κ2) is 4.82. The molecule has 0 fully saturated rings. The standard InChI is InChI=1S/BH4O4P.Rb.H/c1-5-6(2,3)4;;/h1H2,(H2,2,3,4);;. The summed E-state index contributed by atoms with van der Waals surface area (Å²) in [5.74, 6) is 0. The Hall–Kier alpha value is 1.98. The molecule has 0 rings (SSSR count). The maximum absolute atomic E-state index is 9.47. The van der Waals surface area contributed by atoms with Crippen LogP contribution >= 0.6 is 7.82 Å². The molecule has 7 heteroatoms. The average Bonchev–Trinajstić information content (AvgIpc) is 1.35. The van der Waals surface area contributed by atoms with Gasteiger partial charge in [0.2, 0.25) is 0 Å². The third-order valence-corrected chi connectivity index (χ3v) is 0.714. The number of rotatable bonds is 1. The van der Waals surface area contributed by atoms with Gasteiger partial charge in [-0.15, -0.1) is 0 Å². The van der Waals surface area contributed by atoms with Crippen molar-refractivity contribution in [2.24, 2.45) is 0 Å². The van der Waals surface area contributed by atoms with E-state index in [9.17, 15) is 4.57 Å². The zero-order chi connectivity index (χ0) is 5.21. The van der Waals surface area contributed by atoms with Crippen molar-refractivity contribution in [3.05, 3.63) is 0 Å². The summed E-state index contributed by atoms with van der Waals surface area (Å²) < 4.78 is 13.1. The van der Waals surface area contributed by atoms with E-state index >= 15 is 0 Å². The molecule has 0 amide bonds. The van der Waals surface area contributed by atoms with E-state index in [1.165, 1.54) is 0 Å². The molecule has 0 saturated carbocycles. The van der Waals surface area contributed by atoms with E-state index in [0.717, 1.165) is 8.05 Å². The number of hydrogen-bond acceptors (Lipinski definition) is 2. The van der Waals surface area contributed by atoms with Crippen LogP contribution < -0.4 is 0 Å². The van der Waals surface area contributed by atoms with Crippen LogP contribution in [0, 0.1) is 0 Å². The third kappa shape index (κ3) is 11.5. The van der Waals surface area contributed by atoms with Crippen molar-refractivity contribution in [3.8, 4) is 0 Å². The first-order valence-electron chi connectivity index (χ1n) is 1.17. The fourth-order valence-electron chi connectivity index (χ4n) is 0. The summed E-state index contributed by atoms with van der Waals surface area (Å²) >= 11 is 0. The van der Waals surface area contributed by atoms with Gasteiger partial charge in [0.05, 0.1) is 0 Å². The van der Waals surface area contributed by atoms with Gasteiger partial charge in [-0.05, 0) is 0 Å². The van der Waals surface area contributed by atoms with Crippen LogP contribution in [-0.2, 0) is 9.01 Å².